The number of likely N-dealkylation sites (tertiary alicyclic amines) is 1. The molecule has 0 aromatic heterocycles. The second-order valence-corrected chi connectivity index (χ2v) is 9.38. The number of amides is 1. The maximum Gasteiger partial charge on any atom is 0.257 e. The predicted octanol–water partition coefficient (Wildman–Crippen LogP) is 5.28. The molecule has 4 rings (SSSR count). The van der Waals surface area contributed by atoms with Crippen molar-refractivity contribution < 1.29 is 9.53 Å². The normalized spacial score (nSPS) is 20.5. The molecular weight excluding hydrogens is 396 g/mol. The lowest BCUT2D eigenvalue weighted by atomic mass is 9.72. The van der Waals surface area contributed by atoms with Crippen molar-refractivity contribution in [3.63, 3.8) is 0 Å². The average Bonchev–Trinajstić information content (AvgIpc) is 2.85. The van der Waals surface area contributed by atoms with Crippen LogP contribution in [0.4, 0.5) is 0 Å². The summed E-state index contributed by atoms with van der Waals surface area (Å²) in [5.74, 6) is 0.302. The van der Waals surface area contributed by atoms with Crippen LogP contribution in [0.1, 0.15) is 63.0 Å². The lowest BCUT2D eigenvalue weighted by Gasteiger charge is -2.43. The molecule has 1 atom stereocenters. The van der Waals surface area contributed by atoms with Crippen LogP contribution in [0.15, 0.2) is 60.7 Å². The fraction of sp³-hybridized carbons (Fsp3) is 0.536. The summed E-state index contributed by atoms with van der Waals surface area (Å²) in [6.07, 6.45) is 7.69. The molecule has 1 saturated heterocycles. The standard InChI is InChI=1S/C28H38N2O2/c1-2-32-28(24-14-8-4-9-15-24,25-16-10-5-11-17-25)27(31)29-26-18-20-30(21-19-26)22-23-12-6-3-7-13-23/h3-4,6-9,12-15,25-26H,2,5,10-11,16-22H2,1H3,(H,29,31). The molecule has 32 heavy (non-hydrogen) atoms. The molecule has 0 bridgehead atoms. The highest BCUT2D eigenvalue weighted by Crippen LogP contribution is 2.42. The molecule has 1 heterocycles. The van der Waals surface area contributed by atoms with E-state index in [1.54, 1.807) is 0 Å². The molecule has 1 N–H and O–H groups in total. The Morgan fingerprint density at radius 3 is 2.19 bits per heavy atom. The Kier molecular flexibility index (Phi) is 7.99. The Labute approximate surface area is 193 Å². The molecule has 1 aliphatic heterocycles. The number of ether oxygens (including phenoxy) is 1. The summed E-state index contributed by atoms with van der Waals surface area (Å²) in [6, 6.07) is 21.1. The van der Waals surface area contributed by atoms with Crippen molar-refractivity contribution >= 4 is 5.91 Å². The van der Waals surface area contributed by atoms with E-state index in [1.165, 1.54) is 24.8 Å². The van der Waals surface area contributed by atoms with E-state index in [9.17, 15) is 4.79 Å². The fourth-order valence-corrected chi connectivity index (χ4v) is 5.61. The molecule has 0 spiro atoms. The molecule has 2 aromatic rings. The minimum absolute atomic E-state index is 0.0685. The van der Waals surface area contributed by atoms with Gasteiger partial charge in [-0.05, 0) is 43.7 Å². The Hall–Kier alpha value is -2.17. The van der Waals surface area contributed by atoms with Crippen LogP contribution in [0.3, 0.4) is 0 Å². The zero-order valence-corrected chi connectivity index (χ0v) is 19.5. The Bertz CT molecular complexity index is 827. The molecule has 1 amide bonds. The summed E-state index contributed by atoms with van der Waals surface area (Å²) >= 11 is 0. The number of nitrogens with zero attached hydrogens (tertiary/aromatic N) is 1. The molecule has 4 heteroatoms. The van der Waals surface area contributed by atoms with E-state index in [0.717, 1.165) is 50.9 Å². The molecule has 1 unspecified atom stereocenters. The van der Waals surface area contributed by atoms with Crippen LogP contribution in [0, 0.1) is 5.92 Å². The smallest absolute Gasteiger partial charge is 0.257 e. The second kappa shape index (κ2) is 11.1. The van der Waals surface area contributed by atoms with Crippen molar-refractivity contribution in [3.05, 3.63) is 71.8 Å². The molecule has 1 aliphatic carbocycles. The predicted molar refractivity (Wildman–Crippen MR) is 129 cm³/mol. The van der Waals surface area contributed by atoms with Gasteiger partial charge in [-0.15, -0.1) is 0 Å². The number of piperidine rings is 1. The minimum atomic E-state index is -0.877. The van der Waals surface area contributed by atoms with E-state index in [4.69, 9.17) is 4.74 Å². The molecular formula is C28H38N2O2. The van der Waals surface area contributed by atoms with Crippen LogP contribution >= 0.6 is 0 Å². The van der Waals surface area contributed by atoms with Gasteiger partial charge in [-0.3, -0.25) is 9.69 Å². The van der Waals surface area contributed by atoms with Crippen molar-refractivity contribution in [2.24, 2.45) is 5.92 Å². The van der Waals surface area contributed by atoms with Crippen LogP contribution in [0.5, 0.6) is 0 Å². The largest absolute Gasteiger partial charge is 0.360 e. The number of hydrogen-bond donors (Lipinski definition) is 1. The molecule has 1 saturated carbocycles. The van der Waals surface area contributed by atoms with Crippen LogP contribution in [0.2, 0.25) is 0 Å². The van der Waals surface area contributed by atoms with Gasteiger partial charge < -0.3 is 10.1 Å². The third-order valence-corrected chi connectivity index (χ3v) is 7.26. The van der Waals surface area contributed by atoms with Gasteiger partial charge >= 0.3 is 0 Å². The van der Waals surface area contributed by atoms with E-state index >= 15 is 0 Å². The van der Waals surface area contributed by atoms with Crippen LogP contribution < -0.4 is 5.32 Å². The zero-order valence-electron chi connectivity index (χ0n) is 19.5. The first kappa shape index (κ1) is 23.0. The number of carbonyl (C=O) groups excluding carboxylic acids is 1. The lowest BCUT2D eigenvalue weighted by Crippen LogP contribution is -2.56. The molecule has 172 valence electrons. The van der Waals surface area contributed by atoms with Crippen LogP contribution in [-0.4, -0.2) is 36.5 Å². The highest BCUT2D eigenvalue weighted by Gasteiger charge is 2.48. The number of rotatable bonds is 8. The van der Waals surface area contributed by atoms with Gasteiger partial charge in [0.05, 0.1) is 0 Å². The molecule has 2 fully saturated rings. The Morgan fingerprint density at radius 1 is 0.938 bits per heavy atom. The van der Waals surface area contributed by atoms with E-state index in [2.05, 4.69) is 52.7 Å². The average molecular weight is 435 g/mol. The highest BCUT2D eigenvalue weighted by atomic mass is 16.5. The summed E-state index contributed by atoms with van der Waals surface area (Å²) in [6.45, 7) is 5.55. The topological polar surface area (TPSA) is 41.6 Å². The first-order valence-electron chi connectivity index (χ1n) is 12.5. The van der Waals surface area contributed by atoms with Crippen molar-refractivity contribution in [2.75, 3.05) is 19.7 Å². The highest BCUT2D eigenvalue weighted by molar-refractivity contribution is 5.87. The van der Waals surface area contributed by atoms with Gasteiger partial charge in [0, 0.05) is 38.2 Å². The van der Waals surface area contributed by atoms with Crippen molar-refractivity contribution in [3.8, 4) is 0 Å². The summed E-state index contributed by atoms with van der Waals surface area (Å²) in [4.78, 5) is 16.4. The van der Waals surface area contributed by atoms with Gasteiger partial charge in [0.15, 0.2) is 5.60 Å². The van der Waals surface area contributed by atoms with Gasteiger partial charge in [0.2, 0.25) is 0 Å². The third-order valence-electron chi connectivity index (χ3n) is 7.26. The first-order chi connectivity index (χ1) is 15.7. The number of benzene rings is 2. The van der Waals surface area contributed by atoms with E-state index in [-0.39, 0.29) is 17.9 Å². The first-order valence-corrected chi connectivity index (χ1v) is 12.5. The van der Waals surface area contributed by atoms with Gasteiger partial charge in [0.25, 0.3) is 5.91 Å². The van der Waals surface area contributed by atoms with Gasteiger partial charge in [0.1, 0.15) is 0 Å². The number of nitrogens with one attached hydrogen (secondary N) is 1. The third kappa shape index (κ3) is 5.24. The van der Waals surface area contributed by atoms with Crippen LogP contribution in [0.25, 0.3) is 0 Å². The van der Waals surface area contributed by atoms with E-state index in [1.807, 2.05) is 25.1 Å². The molecule has 4 nitrogen and oxygen atoms in total. The number of hydrogen-bond acceptors (Lipinski definition) is 3. The second-order valence-electron chi connectivity index (χ2n) is 9.38. The molecule has 0 radical (unpaired) electrons. The van der Waals surface area contributed by atoms with E-state index < -0.39 is 5.60 Å². The van der Waals surface area contributed by atoms with Crippen molar-refractivity contribution in [1.29, 1.82) is 0 Å². The summed E-state index contributed by atoms with van der Waals surface area (Å²) in [7, 11) is 0. The maximum absolute atomic E-state index is 13.9. The van der Waals surface area contributed by atoms with Crippen molar-refractivity contribution in [2.45, 2.75) is 70.1 Å². The SMILES string of the molecule is CCOC(C(=O)NC1CCN(Cc2ccccc2)CC1)(c1ccccc1)C1CCCCC1. The quantitative estimate of drug-likeness (QED) is 0.615. The van der Waals surface area contributed by atoms with E-state index in [0.29, 0.717) is 6.61 Å². The minimum Gasteiger partial charge on any atom is -0.360 e. The molecule has 2 aliphatic rings. The maximum atomic E-state index is 13.9. The van der Waals surface area contributed by atoms with Crippen LogP contribution in [-0.2, 0) is 21.7 Å². The van der Waals surface area contributed by atoms with Gasteiger partial charge in [-0.25, -0.2) is 0 Å². The lowest BCUT2D eigenvalue weighted by molar-refractivity contribution is -0.161. The Morgan fingerprint density at radius 2 is 1.56 bits per heavy atom. The summed E-state index contributed by atoms with van der Waals surface area (Å²) in [5, 5.41) is 3.43. The zero-order chi connectivity index (χ0) is 22.2. The molecule has 2 aromatic carbocycles. The summed E-state index contributed by atoms with van der Waals surface area (Å²) in [5.41, 5.74) is 1.48. The van der Waals surface area contributed by atoms with Crippen molar-refractivity contribution in [1.82, 2.24) is 10.2 Å². The summed E-state index contributed by atoms with van der Waals surface area (Å²) < 4.78 is 6.44. The monoisotopic (exact) mass is 434 g/mol. The van der Waals surface area contributed by atoms with Gasteiger partial charge in [-0.1, -0.05) is 79.9 Å². The van der Waals surface area contributed by atoms with Gasteiger partial charge in [-0.2, -0.15) is 0 Å². The fourth-order valence-electron chi connectivity index (χ4n) is 5.61. The number of carbonyl (C=O) groups is 1. The Balaban J connectivity index is 1.46.